The fourth-order valence-corrected chi connectivity index (χ4v) is 2.46. The van der Waals surface area contributed by atoms with Crippen molar-refractivity contribution in [1.82, 2.24) is 0 Å². The maximum atomic E-state index is 2.35. The van der Waals surface area contributed by atoms with Crippen molar-refractivity contribution >= 4 is 11.8 Å². The molecule has 0 aliphatic heterocycles. The van der Waals surface area contributed by atoms with Crippen molar-refractivity contribution in [3.63, 3.8) is 0 Å². The fraction of sp³-hybridized carbons (Fsp3) is 1.00. The Labute approximate surface area is 68.8 Å². The van der Waals surface area contributed by atoms with Crippen LogP contribution in [-0.2, 0) is 0 Å². The van der Waals surface area contributed by atoms with E-state index in [9.17, 15) is 0 Å². The van der Waals surface area contributed by atoms with E-state index < -0.39 is 0 Å². The summed E-state index contributed by atoms with van der Waals surface area (Å²) in [6, 6.07) is 0. The molecule has 1 unspecified atom stereocenters. The van der Waals surface area contributed by atoms with E-state index in [0.717, 1.165) is 11.2 Å². The van der Waals surface area contributed by atoms with Crippen molar-refractivity contribution in [2.75, 3.05) is 5.75 Å². The Hall–Kier alpha value is 0.350. The molecule has 0 radical (unpaired) electrons. The molecule has 0 amide bonds. The molecule has 1 rings (SSSR count). The Kier molecular flexibility index (Phi) is 3.61. The van der Waals surface area contributed by atoms with Gasteiger partial charge in [-0.05, 0) is 24.5 Å². The lowest BCUT2D eigenvalue weighted by molar-refractivity contribution is 0.519. The highest BCUT2D eigenvalue weighted by Crippen LogP contribution is 2.32. The van der Waals surface area contributed by atoms with Gasteiger partial charge in [-0.15, -0.1) is 0 Å². The first-order valence-corrected chi connectivity index (χ1v) is 5.49. The molecule has 1 aliphatic carbocycles. The van der Waals surface area contributed by atoms with Crippen LogP contribution in [0.1, 0.15) is 39.5 Å². The molecule has 1 saturated carbocycles. The second kappa shape index (κ2) is 4.27. The Balaban J connectivity index is 1.93. The summed E-state index contributed by atoms with van der Waals surface area (Å²) in [5.74, 6) is 2.33. The molecule has 1 heteroatoms. The van der Waals surface area contributed by atoms with Gasteiger partial charge in [0.1, 0.15) is 0 Å². The predicted octanol–water partition coefficient (Wildman–Crippen LogP) is 3.32. The first-order chi connectivity index (χ1) is 4.83. The van der Waals surface area contributed by atoms with Gasteiger partial charge in [0.2, 0.25) is 0 Å². The van der Waals surface area contributed by atoms with Crippen LogP contribution in [0.5, 0.6) is 0 Å². The van der Waals surface area contributed by atoms with Crippen LogP contribution in [-0.4, -0.2) is 11.0 Å². The molecule has 1 aliphatic rings. The molecule has 0 nitrogen and oxygen atoms in total. The van der Waals surface area contributed by atoms with Crippen LogP contribution in [0.25, 0.3) is 0 Å². The Bertz CT molecular complexity index is 82.0. The second-order valence-corrected chi connectivity index (χ2v) is 4.73. The molecule has 1 fully saturated rings. The van der Waals surface area contributed by atoms with Gasteiger partial charge in [0.05, 0.1) is 0 Å². The molecule has 0 aromatic carbocycles. The maximum absolute atomic E-state index is 2.35. The van der Waals surface area contributed by atoms with E-state index in [4.69, 9.17) is 0 Å². The number of thioether (sulfide) groups is 1. The lowest BCUT2D eigenvalue weighted by Gasteiger charge is -2.25. The second-order valence-electron chi connectivity index (χ2n) is 3.40. The SMILES string of the molecule is CCC(C)CSC1CCC1. The van der Waals surface area contributed by atoms with Crippen molar-refractivity contribution < 1.29 is 0 Å². The van der Waals surface area contributed by atoms with Crippen LogP contribution in [0.4, 0.5) is 0 Å². The van der Waals surface area contributed by atoms with Gasteiger partial charge in [0.25, 0.3) is 0 Å². The van der Waals surface area contributed by atoms with Crippen LogP contribution in [0.3, 0.4) is 0 Å². The Morgan fingerprint density at radius 1 is 1.50 bits per heavy atom. The zero-order valence-corrected chi connectivity index (χ0v) is 7.91. The molecule has 1 atom stereocenters. The zero-order chi connectivity index (χ0) is 7.40. The largest absolute Gasteiger partial charge is 0.158 e. The van der Waals surface area contributed by atoms with E-state index in [1.807, 2.05) is 0 Å². The van der Waals surface area contributed by atoms with E-state index in [1.54, 1.807) is 0 Å². The molecule has 0 bridgehead atoms. The Morgan fingerprint density at radius 3 is 2.60 bits per heavy atom. The molecular formula is C9H18S. The van der Waals surface area contributed by atoms with E-state index in [0.29, 0.717) is 0 Å². The van der Waals surface area contributed by atoms with Gasteiger partial charge in [0.15, 0.2) is 0 Å². The number of rotatable bonds is 4. The third-order valence-corrected chi connectivity index (χ3v) is 4.07. The van der Waals surface area contributed by atoms with Crippen LogP contribution < -0.4 is 0 Å². The van der Waals surface area contributed by atoms with Crippen LogP contribution >= 0.6 is 11.8 Å². The first kappa shape index (κ1) is 8.45. The topological polar surface area (TPSA) is 0 Å². The smallest absolute Gasteiger partial charge is 0.00471 e. The summed E-state index contributed by atoms with van der Waals surface area (Å²) in [5.41, 5.74) is 0. The summed E-state index contributed by atoms with van der Waals surface area (Å²) in [5, 5.41) is 1.04. The van der Waals surface area contributed by atoms with Gasteiger partial charge < -0.3 is 0 Å². The number of hydrogen-bond acceptors (Lipinski definition) is 1. The van der Waals surface area contributed by atoms with Gasteiger partial charge in [-0.2, -0.15) is 11.8 Å². The van der Waals surface area contributed by atoms with Crippen LogP contribution in [0.2, 0.25) is 0 Å². The van der Waals surface area contributed by atoms with E-state index in [2.05, 4.69) is 25.6 Å². The molecule has 0 spiro atoms. The van der Waals surface area contributed by atoms with Gasteiger partial charge in [-0.25, -0.2) is 0 Å². The lowest BCUT2D eigenvalue weighted by atomic mass is 10.00. The molecule has 60 valence electrons. The van der Waals surface area contributed by atoms with Crippen molar-refractivity contribution in [3.8, 4) is 0 Å². The molecule has 0 heterocycles. The van der Waals surface area contributed by atoms with Gasteiger partial charge in [0, 0.05) is 5.25 Å². The highest BCUT2D eigenvalue weighted by Gasteiger charge is 2.17. The van der Waals surface area contributed by atoms with E-state index >= 15 is 0 Å². The normalized spacial score (nSPS) is 22.2. The monoisotopic (exact) mass is 158 g/mol. The standard InChI is InChI=1S/C9H18S/c1-3-8(2)7-10-9-5-4-6-9/h8-9H,3-7H2,1-2H3. The first-order valence-electron chi connectivity index (χ1n) is 4.44. The lowest BCUT2D eigenvalue weighted by Crippen LogP contribution is -2.15. The summed E-state index contributed by atoms with van der Waals surface area (Å²) < 4.78 is 0. The molecule has 10 heavy (non-hydrogen) atoms. The molecular weight excluding hydrogens is 140 g/mol. The number of hydrogen-bond donors (Lipinski definition) is 0. The van der Waals surface area contributed by atoms with Crippen LogP contribution in [0.15, 0.2) is 0 Å². The quantitative estimate of drug-likeness (QED) is 0.605. The third-order valence-electron chi connectivity index (χ3n) is 2.37. The summed E-state index contributed by atoms with van der Waals surface area (Å²) >= 11 is 2.20. The summed E-state index contributed by atoms with van der Waals surface area (Å²) in [7, 11) is 0. The molecule has 0 aromatic heterocycles. The van der Waals surface area contributed by atoms with Gasteiger partial charge in [-0.1, -0.05) is 26.7 Å². The van der Waals surface area contributed by atoms with Gasteiger partial charge >= 0.3 is 0 Å². The summed E-state index contributed by atoms with van der Waals surface area (Å²) in [6.45, 7) is 4.64. The van der Waals surface area contributed by atoms with Crippen LogP contribution in [0, 0.1) is 5.92 Å². The van der Waals surface area contributed by atoms with Crippen molar-refractivity contribution in [2.24, 2.45) is 5.92 Å². The van der Waals surface area contributed by atoms with Gasteiger partial charge in [-0.3, -0.25) is 0 Å². The van der Waals surface area contributed by atoms with Crippen molar-refractivity contribution in [1.29, 1.82) is 0 Å². The minimum Gasteiger partial charge on any atom is -0.158 e. The van der Waals surface area contributed by atoms with Crippen molar-refractivity contribution in [3.05, 3.63) is 0 Å². The zero-order valence-electron chi connectivity index (χ0n) is 7.10. The predicted molar refractivity (Wildman–Crippen MR) is 49.6 cm³/mol. The van der Waals surface area contributed by atoms with Crippen molar-refractivity contribution in [2.45, 2.75) is 44.8 Å². The molecule has 0 aromatic rings. The fourth-order valence-electron chi connectivity index (χ4n) is 0.956. The third kappa shape index (κ3) is 2.53. The minimum atomic E-state index is 0.936. The van der Waals surface area contributed by atoms with E-state index in [-0.39, 0.29) is 0 Å². The average molecular weight is 158 g/mol. The van der Waals surface area contributed by atoms with E-state index in [1.165, 1.54) is 31.4 Å². The summed E-state index contributed by atoms with van der Waals surface area (Å²) in [6.07, 6.45) is 5.81. The molecule has 0 N–H and O–H groups in total. The molecule has 0 saturated heterocycles. The Morgan fingerprint density at radius 2 is 2.20 bits per heavy atom. The highest BCUT2D eigenvalue weighted by molar-refractivity contribution is 7.99. The average Bonchev–Trinajstić information content (AvgIpc) is 1.84. The minimum absolute atomic E-state index is 0.936. The maximum Gasteiger partial charge on any atom is 0.00471 e. The highest BCUT2D eigenvalue weighted by atomic mass is 32.2. The summed E-state index contributed by atoms with van der Waals surface area (Å²) in [4.78, 5) is 0.